The Morgan fingerprint density at radius 1 is 0.671 bits per heavy atom. The molecule has 0 fully saturated rings. The van der Waals surface area contributed by atoms with Crippen molar-refractivity contribution in [3.63, 3.8) is 0 Å². The minimum absolute atomic E-state index is 0.0207. The summed E-state index contributed by atoms with van der Waals surface area (Å²) in [6.07, 6.45) is -4.47. The van der Waals surface area contributed by atoms with E-state index in [1.807, 2.05) is 0 Å². The summed E-state index contributed by atoms with van der Waals surface area (Å²) in [5, 5.41) is 50.7. The maximum Gasteiger partial charge on any atom is 0.408 e. The molecule has 0 bridgehead atoms. The van der Waals surface area contributed by atoms with Crippen molar-refractivity contribution < 1.29 is 72.7 Å². The maximum absolute atomic E-state index is 14.2. The third kappa shape index (κ3) is 25.4. The molecule has 10 atom stereocenters. The third-order valence-corrected chi connectivity index (χ3v) is 11.2. The van der Waals surface area contributed by atoms with Crippen LogP contribution >= 0.6 is 0 Å². The largest absolute Gasteiger partial charge is 0.459 e. The number of nitrogens with zero attached hydrogens (tertiary/aromatic N) is 1. The van der Waals surface area contributed by atoms with Crippen molar-refractivity contribution in [3.05, 3.63) is 35.9 Å². The van der Waals surface area contributed by atoms with Crippen LogP contribution in [0.25, 0.3) is 0 Å². The number of carbonyl (C=O) groups excluding carboxylic acids is 10. The lowest BCUT2D eigenvalue weighted by Gasteiger charge is -2.31. The van der Waals surface area contributed by atoms with Gasteiger partial charge in [-0.3, -0.25) is 43.3 Å². The van der Waals surface area contributed by atoms with Gasteiger partial charge in [-0.2, -0.15) is 0 Å². The Kier molecular flexibility index (Phi) is 29.1. The Morgan fingerprint density at radius 2 is 1.22 bits per heavy atom. The van der Waals surface area contributed by atoms with Gasteiger partial charge in [-0.1, -0.05) is 78.3 Å². The number of ether oxygens (including phenoxy) is 2. The third-order valence-electron chi connectivity index (χ3n) is 11.2. The van der Waals surface area contributed by atoms with Gasteiger partial charge >= 0.3 is 12.1 Å². The second-order valence-corrected chi connectivity index (χ2v) is 20.0. The number of hydrogen-bond acceptors (Lipinski definition) is 16. The number of aliphatic hydroxyl groups excluding tert-OH is 3. The molecular formula is C49H82N12O15. The van der Waals surface area contributed by atoms with E-state index < -0.39 is 151 Å². The zero-order valence-electron chi connectivity index (χ0n) is 45.1. The molecule has 27 nitrogen and oxygen atoms in total. The van der Waals surface area contributed by atoms with Crippen LogP contribution in [0.5, 0.6) is 0 Å². The summed E-state index contributed by atoms with van der Waals surface area (Å²) in [4.78, 5) is 137. The molecule has 0 aromatic heterocycles. The fraction of sp³-hybridized carbons (Fsp3) is 0.653. The lowest BCUT2D eigenvalue weighted by Crippen LogP contribution is -2.62. The number of esters is 1. The highest BCUT2D eigenvalue weighted by Crippen LogP contribution is 2.15. The number of hydrogen-bond donors (Lipinski definition) is 14. The normalized spacial score (nSPS) is 15.2. The first-order valence-corrected chi connectivity index (χ1v) is 25.0. The van der Waals surface area contributed by atoms with Gasteiger partial charge < -0.3 is 84.5 Å². The molecule has 27 heteroatoms. The monoisotopic (exact) mass is 1080 g/mol. The van der Waals surface area contributed by atoms with Crippen LogP contribution in [0.4, 0.5) is 4.79 Å². The van der Waals surface area contributed by atoms with Crippen LogP contribution in [-0.2, 0) is 59.2 Å². The predicted molar refractivity (Wildman–Crippen MR) is 276 cm³/mol. The van der Waals surface area contributed by atoms with Crippen LogP contribution in [0.3, 0.4) is 0 Å². The van der Waals surface area contributed by atoms with Gasteiger partial charge in [-0.05, 0) is 70.3 Å². The number of guanidine groups is 1. The van der Waals surface area contributed by atoms with E-state index in [0.29, 0.717) is 5.56 Å². The quantitative estimate of drug-likeness (QED) is 0.0149. The number of benzene rings is 1. The van der Waals surface area contributed by atoms with E-state index in [1.54, 1.807) is 92.6 Å². The summed E-state index contributed by atoms with van der Waals surface area (Å²) in [6.45, 7) is 14.1. The topological polar surface area (TPSA) is 437 Å². The minimum Gasteiger partial charge on any atom is -0.459 e. The Bertz CT molecular complexity index is 2130. The average Bonchev–Trinajstić information content (AvgIpc) is 3.33. The van der Waals surface area contributed by atoms with Crippen molar-refractivity contribution in [1.82, 2.24) is 42.5 Å². The molecule has 0 saturated carbocycles. The van der Waals surface area contributed by atoms with Crippen LogP contribution in [0.2, 0.25) is 0 Å². The van der Waals surface area contributed by atoms with Crippen LogP contribution in [0.15, 0.2) is 35.3 Å². The number of aliphatic hydroxyl groups is 3. The van der Waals surface area contributed by atoms with Crippen LogP contribution < -0.4 is 59.7 Å². The first-order chi connectivity index (χ1) is 35.4. The molecule has 1 aromatic carbocycles. The number of rotatable bonds is 32. The van der Waals surface area contributed by atoms with Gasteiger partial charge in [0.2, 0.25) is 47.3 Å². The standard InChI is InChI=1S/C49H82N12O15/c1-11-27(6)36(44(71)60-37(28(7)63)43(70)54-22-35(65)55-32(21-34(50)64)42(69)58-33(23-62)46(73)75-24-29-16-13-12-14-17-29)59-40(67)30(18-15-19-53-47(51)52)56-41(68)31(20-25(2)3)57-45(72)38(39(66)26(4)5)61-48(74)76-49(8,9)10/h12-14,16-17,25-28,30-33,36-39,62-63,66H,11,15,18-24H2,1-10H3,(H2,50,64)(H,54,70)(H,55,65)(H,56,68)(H,57,72)(H,58,69)(H,59,67)(H,60,71)(H,61,74)(H4,51,52,53)/t27-,28-,30+,31-,32-,33-,36-,37-,38-,39+/m0/s1. The number of primary amides is 1. The Hall–Kier alpha value is -7.13. The smallest absolute Gasteiger partial charge is 0.408 e. The van der Waals surface area contributed by atoms with Gasteiger partial charge in [0.25, 0.3) is 0 Å². The average molecular weight is 1080 g/mol. The fourth-order valence-electron chi connectivity index (χ4n) is 6.95. The van der Waals surface area contributed by atoms with Gasteiger partial charge in [0.05, 0.1) is 31.8 Å². The van der Waals surface area contributed by atoms with E-state index in [9.17, 15) is 63.3 Å². The molecule has 1 rings (SSSR count). The van der Waals surface area contributed by atoms with Crippen LogP contribution in [0.1, 0.15) is 107 Å². The molecule has 0 aliphatic heterocycles. The first kappa shape index (κ1) is 66.9. The van der Waals surface area contributed by atoms with Gasteiger partial charge in [-0.25, -0.2) is 9.59 Å². The molecule has 0 radical (unpaired) electrons. The van der Waals surface area contributed by atoms with Crippen molar-refractivity contribution in [2.75, 3.05) is 19.7 Å². The highest BCUT2D eigenvalue weighted by atomic mass is 16.6. The summed E-state index contributed by atoms with van der Waals surface area (Å²) in [7, 11) is 0. The van der Waals surface area contributed by atoms with E-state index in [1.165, 1.54) is 0 Å². The second kappa shape index (κ2) is 33.0. The number of aliphatic imine (C=N–C) groups is 1. The maximum atomic E-state index is 14.2. The van der Waals surface area contributed by atoms with E-state index >= 15 is 0 Å². The van der Waals surface area contributed by atoms with Gasteiger partial charge in [0.15, 0.2) is 12.0 Å². The van der Waals surface area contributed by atoms with Crippen molar-refractivity contribution in [3.8, 4) is 0 Å². The van der Waals surface area contributed by atoms with Crippen molar-refractivity contribution in [2.45, 2.75) is 168 Å². The SMILES string of the molecule is CC[C@H](C)[C@H](NC(=O)[C@@H](CCCN=C(N)N)NC(=O)[C@H](CC(C)C)NC(=O)[C@@H](NC(=O)OC(C)(C)C)[C@H](O)C(C)C)C(=O)N[C@H](C(=O)NCC(=O)N[C@@H](CC(N)=O)C(=O)N[C@@H](CO)C(=O)OCc1ccccc1)[C@H](C)O. The molecule has 428 valence electrons. The Morgan fingerprint density at radius 3 is 1.75 bits per heavy atom. The van der Waals surface area contributed by atoms with E-state index in [0.717, 1.165) is 6.92 Å². The van der Waals surface area contributed by atoms with E-state index in [2.05, 4.69) is 47.5 Å². The summed E-state index contributed by atoms with van der Waals surface area (Å²) in [5.41, 5.74) is 15.9. The van der Waals surface area contributed by atoms with Gasteiger partial charge in [-0.15, -0.1) is 0 Å². The number of carbonyl (C=O) groups is 10. The predicted octanol–water partition coefficient (Wildman–Crippen LogP) is -2.94. The Labute approximate surface area is 443 Å². The molecule has 76 heavy (non-hydrogen) atoms. The molecule has 0 aliphatic rings. The molecule has 9 amide bonds. The van der Waals surface area contributed by atoms with Crippen molar-refractivity contribution in [2.24, 2.45) is 39.9 Å². The fourth-order valence-corrected chi connectivity index (χ4v) is 6.95. The highest BCUT2D eigenvalue weighted by molar-refractivity contribution is 5.98. The zero-order valence-corrected chi connectivity index (χ0v) is 45.1. The first-order valence-electron chi connectivity index (χ1n) is 25.0. The van der Waals surface area contributed by atoms with Crippen LogP contribution in [-0.4, -0.2) is 160 Å². The molecular weight excluding hydrogens is 997 g/mol. The molecule has 0 aliphatic carbocycles. The number of amides is 9. The molecule has 17 N–H and O–H groups in total. The molecule has 1 aromatic rings. The lowest BCUT2D eigenvalue weighted by molar-refractivity contribution is -0.150. The summed E-state index contributed by atoms with van der Waals surface area (Å²) >= 11 is 0. The second-order valence-electron chi connectivity index (χ2n) is 20.0. The zero-order chi connectivity index (χ0) is 58.0. The van der Waals surface area contributed by atoms with Crippen LogP contribution in [0, 0.1) is 17.8 Å². The number of alkyl carbamates (subject to hydrolysis) is 1. The van der Waals surface area contributed by atoms with Gasteiger partial charge in [0, 0.05) is 6.54 Å². The van der Waals surface area contributed by atoms with Crippen molar-refractivity contribution in [1.29, 1.82) is 0 Å². The van der Waals surface area contributed by atoms with Gasteiger partial charge in [0.1, 0.15) is 48.5 Å². The lowest BCUT2D eigenvalue weighted by atomic mass is 9.96. The summed E-state index contributed by atoms with van der Waals surface area (Å²) in [5.74, 6) is -10.6. The minimum atomic E-state index is -1.75. The van der Waals surface area contributed by atoms with E-state index in [-0.39, 0.29) is 50.7 Å². The highest BCUT2D eigenvalue weighted by Gasteiger charge is 2.38. The summed E-state index contributed by atoms with van der Waals surface area (Å²) in [6, 6.07) is -2.25. The number of nitrogens with two attached hydrogens (primary N) is 3. The molecule has 0 heterocycles. The molecule has 0 saturated heterocycles. The number of nitrogens with one attached hydrogen (secondary N) is 8. The molecule has 0 spiro atoms. The van der Waals surface area contributed by atoms with Crippen molar-refractivity contribution >= 4 is 65.3 Å². The Balaban J connectivity index is 3.32. The van der Waals surface area contributed by atoms with E-state index in [4.69, 9.17) is 26.7 Å². The molecule has 0 unspecified atom stereocenters. The summed E-state index contributed by atoms with van der Waals surface area (Å²) < 4.78 is 10.5.